The molecule has 0 aromatic heterocycles. The molecule has 2 aromatic carbocycles. The number of anilines is 1. The quantitative estimate of drug-likeness (QED) is 0.817. The second kappa shape index (κ2) is 5.92. The van der Waals surface area contributed by atoms with Crippen LogP contribution < -0.4 is 4.90 Å². The van der Waals surface area contributed by atoms with Crippen molar-refractivity contribution >= 4 is 23.4 Å². The van der Waals surface area contributed by atoms with Crippen LogP contribution in [-0.4, -0.2) is 29.3 Å². The van der Waals surface area contributed by atoms with Gasteiger partial charge < -0.3 is 0 Å². The monoisotopic (exact) mass is 322 g/mol. The summed E-state index contributed by atoms with van der Waals surface area (Å²) < 4.78 is 0. The zero-order valence-electron chi connectivity index (χ0n) is 13.9. The summed E-state index contributed by atoms with van der Waals surface area (Å²) in [4.78, 5) is 39.8. The Morgan fingerprint density at radius 2 is 1.58 bits per heavy atom. The van der Waals surface area contributed by atoms with Crippen molar-refractivity contribution in [3.8, 4) is 0 Å². The van der Waals surface area contributed by atoms with Crippen LogP contribution >= 0.6 is 0 Å². The van der Waals surface area contributed by atoms with E-state index >= 15 is 0 Å². The molecule has 1 aliphatic heterocycles. The Balaban J connectivity index is 1.96. The van der Waals surface area contributed by atoms with Gasteiger partial charge in [-0.05, 0) is 43.2 Å². The largest absolute Gasteiger partial charge is 0.294 e. The molecule has 3 amide bonds. The molecule has 0 saturated heterocycles. The standard InChI is InChI=1S/C19H18N2O3/c1-12-8-9-13(2)17(10-12)20(14(3)22)11-21-18(23)15-6-4-5-7-16(15)19(21)24/h4-10H,11H2,1-3H3. The second-order valence-electron chi connectivity index (χ2n) is 5.96. The summed E-state index contributed by atoms with van der Waals surface area (Å²) in [5, 5.41) is 0. The van der Waals surface area contributed by atoms with Crippen LogP contribution in [0.1, 0.15) is 38.8 Å². The second-order valence-corrected chi connectivity index (χ2v) is 5.96. The van der Waals surface area contributed by atoms with Crippen molar-refractivity contribution in [1.82, 2.24) is 4.90 Å². The van der Waals surface area contributed by atoms with E-state index in [1.54, 1.807) is 24.3 Å². The highest BCUT2D eigenvalue weighted by atomic mass is 16.2. The predicted octanol–water partition coefficient (Wildman–Crippen LogP) is 2.91. The first kappa shape index (κ1) is 15.9. The Labute approximate surface area is 140 Å². The van der Waals surface area contributed by atoms with Crippen LogP contribution in [0.4, 0.5) is 5.69 Å². The van der Waals surface area contributed by atoms with Crippen LogP contribution in [0.3, 0.4) is 0 Å². The number of imide groups is 1. The van der Waals surface area contributed by atoms with Gasteiger partial charge in [-0.15, -0.1) is 0 Å². The number of hydrogen-bond acceptors (Lipinski definition) is 3. The maximum absolute atomic E-state index is 12.5. The molecule has 1 aliphatic rings. The van der Waals surface area contributed by atoms with Gasteiger partial charge in [-0.25, -0.2) is 0 Å². The number of nitrogens with zero attached hydrogens (tertiary/aromatic N) is 2. The van der Waals surface area contributed by atoms with Crippen molar-refractivity contribution < 1.29 is 14.4 Å². The average molecular weight is 322 g/mol. The van der Waals surface area contributed by atoms with Gasteiger partial charge in [0.25, 0.3) is 11.8 Å². The Bertz CT molecular complexity index is 822. The van der Waals surface area contributed by atoms with E-state index in [4.69, 9.17) is 0 Å². The van der Waals surface area contributed by atoms with E-state index in [9.17, 15) is 14.4 Å². The fourth-order valence-corrected chi connectivity index (χ4v) is 2.86. The van der Waals surface area contributed by atoms with Gasteiger partial charge in [-0.1, -0.05) is 24.3 Å². The number of aryl methyl sites for hydroxylation is 2. The minimum atomic E-state index is -0.368. The Morgan fingerprint density at radius 1 is 1.00 bits per heavy atom. The Hall–Kier alpha value is -2.95. The summed E-state index contributed by atoms with van der Waals surface area (Å²) in [6, 6.07) is 12.5. The number of fused-ring (bicyclic) bond motifs is 1. The highest BCUT2D eigenvalue weighted by Gasteiger charge is 2.36. The summed E-state index contributed by atoms with van der Waals surface area (Å²) >= 11 is 0. The van der Waals surface area contributed by atoms with Crippen molar-refractivity contribution in [3.05, 3.63) is 64.7 Å². The minimum absolute atomic E-state index is 0.0913. The lowest BCUT2D eigenvalue weighted by atomic mass is 10.1. The van der Waals surface area contributed by atoms with E-state index in [1.807, 2.05) is 32.0 Å². The van der Waals surface area contributed by atoms with Gasteiger partial charge in [0.1, 0.15) is 6.67 Å². The first-order valence-corrected chi connectivity index (χ1v) is 7.70. The molecule has 3 rings (SSSR count). The van der Waals surface area contributed by atoms with E-state index in [-0.39, 0.29) is 24.4 Å². The zero-order valence-corrected chi connectivity index (χ0v) is 13.9. The average Bonchev–Trinajstić information content (AvgIpc) is 2.79. The molecule has 24 heavy (non-hydrogen) atoms. The lowest BCUT2D eigenvalue weighted by Crippen LogP contribution is -2.43. The number of carbonyl (C=O) groups excluding carboxylic acids is 3. The summed E-state index contributed by atoms with van der Waals surface area (Å²) in [5.41, 5.74) is 3.38. The molecule has 122 valence electrons. The SMILES string of the molecule is CC(=O)N(CN1C(=O)c2ccccc2C1=O)c1cc(C)ccc1C. The number of rotatable bonds is 3. The summed E-state index contributed by atoms with van der Waals surface area (Å²) in [6.45, 7) is 5.17. The molecule has 0 saturated carbocycles. The molecular formula is C19H18N2O3. The number of carbonyl (C=O) groups is 3. The normalized spacial score (nSPS) is 13.2. The van der Waals surface area contributed by atoms with Crippen molar-refractivity contribution in [1.29, 1.82) is 0 Å². The van der Waals surface area contributed by atoms with Crippen molar-refractivity contribution in [3.63, 3.8) is 0 Å². The lowest BCUT2D eigenvalue weighted by molar-refractivity contribution is -0.116. The van der Waals surface area contributed by atoms with Crippen LogP contribution in [0, 0.1) is 13.8 Å². The Morgan fingerprint density at radius 3 is 2.12 bits per heavy atom. The molecule has 0 bridgehead atoms. The number of benzene rings is 2. The molecule has 5 nitrogen and oxygen atoms in total. The molecule has 1 heterocycles. The van der Waals surface area contributed by atoms with Gasteiger partial charge in [0.2, 0.25) is 5.91 Å². The fourth-order valence-electron chi connectivity index (χ4n) is 2.86. The van der Waals surface area contributed by atoms with Gasteiger partial charge in [0.15, 0.2) is 0 Å². The smallest absolute Gasteiger partial charge is 0.263 e. The van der Waals surface area contributed by atoms with E-state index in [1.165, 1.54) is 11.8 Å². The van der Waals surface area contributed by atoms with Gasteiger partial charge in [0.05, 0.1) is 11.1 Å². The van der Waals surface area contributed by atoms with Gasteiger partial charge in [-0.2, -0.15) is 0 Å². The summed E-state index contributed by atoms with van der Waals surface area (Å²) in [7, 11) is 0. The molecule has 5 heteroatoms. The van der Waals surface area contributed by atoms with E-state index < -0.39 is 0 Å². The lowest BCUT2D eigenvalue weighted by Gasteiger charge is -2.27. The van der Waals surface area contributed by atoms with Crippen molar-refractivity contribution in [2.75, 3.05) is 11.6 Å². The Kier molecular flexibility index (Phi) is 3.93. The topological polar surface area (TPSA) is 57.7 Å². The molecule has 0 spiro atoms. The van der Waals surface area contributed by atoms with Gasteiger partial charge >= 0.3 is 0 Å². The molecule has 0 atom stereocenters. The van der Waals surface area contributed by atoms with Crippen LogP contribution in [0.15, 0.2) is 42.5 Å². The molecular weight excluding hydrogens is 304 g/mol. The van der Waals surface area contributed by atoms with Crippen LogP contribution in [0.5, 0.6) is 0 Å². The predicted molar refractivity (Wildman–Crippen MR) is 90.9 cm³/mol. The first-order valence-electron chi connectivity index (χ1n) is 7.70. The molecule has 2 aromatic rings. The highest BCUT2D eigenvalue weighted by molar-refractivity contribution is 6.21. The zero-order chi connectivity index (χ0) is 17.4. The van der Waals surface area contributed by atoms with Crippen molar-refractivity contribution in [2.24, 2.45) is 0 Å². The van der Waals surface area contributed by atoms with Crippen LogP contribution in [0.25, 0.3) is 0 Å². The maximum atomic E-state index is 12.5. The number of amides is 3. The summed E-state index contributed by atoms with van der Waals surface area (Å²) in [6.07, 6.45) is 0. The third-order valence-electron chi connectivity index (χ3n) is 4.20. The minimum Gasteiger partial charge on any atom is -0.294 e. The molecule has 0 fully saturated rings. The van der Waals surface area contributed by atoms with E-state index in [0.717, 1.165) is 16.0 Å². The number of hydrogen-bond donors (Lipinski definition) is 0. The van der Waals surface area contributed by atoms with Gasteiger partial charge in [-0.3, -0.25) is 24.2 Å². The van der Waals surface area contributed by atoms with Gasteiger partial charge in [0, 0.05) is 12.6 Å². The van der Waals surface area contributed by atoms with E-state index in [2.05, 4.69) is 0 Å². The maximum Gasteiger partial charge on any atom is 0.263 e. The molecule has 0 unspecified atom stereocenters. The summed E-state index contributed by atoms with van der Waals surface area (Å²) in [5.74, 6) is -0.959. The highest BCUT2D eigenvalue weighted by Crippen LogP contribution is 2.26. The fraction of sp³-hybridized carbons (Fsp3) is 0.211. The first-order chi connectivity index (χ1) is 11.4. The van der Waals surface area contributed by atoms with Crippen LogP contribution in [-0.2, 0) is 4.79 Å². The third kappa shape index (κ3) is 2.58. The molecule has 0 aliphatic carbocycles. The van der Waals surface area contributed by atoms with E-state index in [0.29, 0.717) is 16.8 Å². The van der Waals surface area contributed by atoms with Crippen LogP contribution in [0.2, 0.25) is 0 Å². The third-order valence-corrected chi connectivity index (χ3v) is 4.20. The molecule has 0 radical (unpaired) electrons. The van der Waals surface area contributed by atoms with Crippen molar-refractivity contribution in [2.45, 2.75) is 20.8 Å². The molecule has 0 N–H and O–H groups in total.